The summed E-state index contributed by atoms with van der Waals surface area (Å²) in [6.07, 6.45) is 0. The number of carbonyl (C=O) groups is 2. The molecule has 0 spiro atoms. The highest BCUT2D eigenvalue weighted by atomic mass is 32.1. The zero-order valence-corrected chi connectivity index (χ0v) is 12.4. The summed E-state index contributed by atoms with van der Waals surface area (Å²) < 4.78 is 0. The van der Waals surface area contributed by atoms with Crippen molar-refractivity contribution in [3.8, 4) is 0 Å². The highest BCUT2D eigenvalue weighted by molar-refractivity contribution is 7.14. The van der Waals surface area contributed by atoms with Crippen LogP contribution in [0.5, 0.6) is 0 Å². The van der Waals surface area contributed by atoms with Crippen LogP contribution in [0, 0.1) is 13.8 Å². The molecule has 2 rings (SSSR count). The third-order valence-electron chi connectivity index (χ3n) is 2.76. The molecule has 2 aromatic rings. The van der Waals surface area contributed by atoms with Gasteiger partial charge in [-0.2, -0.15) is 0 Å². The van der Waals surface area contributed by atoms with E-state index in [1.165, 1.54) is 18.3 Å². The van der Waals surface area contributed by atoms with Gasteiger partial charge in [-0.05, 0) is 49.7 Å². The summed E-state index contributed by atoms with van der Waals surface area (Å²) >= 11 is 1.46. The molecule has 2 N–H and O–H groups in total. The van der Waals surface area contributed by atoms with E-state index in [4.69, 9.17) is 0 Å². The Morgan fingerprint density at radius 1 is 1.05 bits per heavy atom. The molecule has 0 radical (unpaired) electrons. The quantitative estimate of drug-likeness (QED) is 0.907. The minimum absolute atomic E-state index is 0.112. The van der Waals surface area contributed by atoms with Crippen molar-refractivity contribution in [1.29, 1.82) is 0 Å². The van der Waals surface area contributed by atoms with Gasteiger partial charge < -0.3 is 10.6 Å². The average Bonchev–Trinajstić information content (AvgIpc) is 2.79. The van der Waals surface area contributed by atoms with Gasteiger partial charge >= 0.3 is 0 Å². The molecule has 1 heterocycles. The zero-order valence-electron chi connectivity index (χ0n) is 11.6. The molecular weight excluding hydrogens is 272 g/mol. The molecule has 20 heavy (non-hydrogen) atoms. The molecule has 2 amide bonds. The van der Waals surface area contributed by atoms with Crippen LogP contribution in [0.15, 0.2) is 30.3 Å². The maximum atomic E-state index is 12.0. The molecule has 0 saturated carbocycles. The zero-order chi connectivity index (χ0) is 14.7. The van der Waals surface area contributed by atoms with E-state index in [2.05, 4.69) is 10.6 Å². The Balaban J connectivity index is 2.12. The van der Waals surface area contributed by atoms with Crippen molar-refractivity contribution in [2.45, 2.75) is 20.8 Å². The minimum Gasteiger partial charge on any atom is -0.326 e. The van der Waals surface area contributed by atoms with E-state index in [1.54, 1.807) is 12.1 Å². The Hall–Kier alpha value is -2.14. The van der Waals surface area contributed by atoms with Gasteiger partial charge in [0.1, 0.15) is 0 Å². The summed E-state index contributed by atoms with van der Waals surface area (Å²) in [4.78, 5) is 24.9. The summed E-state index contributed by atoms with van der Waals surface area (Å²) in [5.74, 6) is -0.228. The van der Waals surface area contributed by atoms with Gasteiger partial charge in [-0.3, -0.25) is 9.59 Å². The summed E-state index contributed by atoms with van der Waals surface area (Å²) in [5, 5.41) is 5.59. The van der Waals surface area contributed by atoms with Crippen molar-refractivity contribution < 1.29 is 9.59 Å². The number of benzene rings is 1. The monoisotopic (exact) mass is 288 g/mol. The predicted molar refractivity (Wildman–Crippen MR) is 82.5 cm³/mol. The lowest BCUT2D eigenvalue weighted by Crippen LogP contribution is -2.11. The van der Waals surface area contributed by atoms with Gasteiger partial charge in [0.15, 0.2) is 0 Å². The Bertz CT molecular complexity index is 662. The first kappa shape index (κ1) is 14.3. The van der Waals surface area contributed by atoms with Crippen LogP contribution < -0.4 is 10.6 Å². The highest BCUT2D eigenvalue weighted by Gasteiger charge is 2.09. The predicted octanol–water partition coefficient (Wildman–Crippen LogP) is 3.58. The van der Waals surface area contributed by atoms with Crippen molar-refractivity contribution in [3.63, 3.8) is 0 Å². The van der Waals surface area contributed by atoms with Crippen LogP contribution >= 0.6 is 11.3 Å². The summed E-state index contributed by atoms with van der Waals surface area (Å²) in [7, 11) is 0. The van der Waals surface area contributed by atoms with Crippen LogP contribution in [-0.2, 0) is 4.79 Å². The van der Waals surface area contributed by atoms with E-state index < -0.39 is 0 Å². The van der Waals surface area contributed by atoms with Crippen LogP contribution in [-0.4, -0.2) is 11.8 Å². The van der Waals surface area contributed by atoms with Crippen LogP contribution in [0.4, 0.5) is 11.4 Å². The molecule has 5 heteroatoms. The van der Waals surface area contributed by atoms with Gasteiger partial charge in [0, 0.05) is 23.2 Å². The molecule has 4 nitrogen and oxygen atoms in total. The average molecular weight is 288 g/mol. The van der Waals surface area contributed by atoms with Crippen LogP contribution in [0.2, 0.25) is 0 Å². The molecular formula is C15H16N2O2S. The topological polar surface area (TPSA) is 58.2 Å². The largest absolute Gasteiger partial charge is 0.326 e. The smallest absolute Gasteiger partial charge is 0.265 e. The van der Waals surface area contributed by atoms with Gasteiger partial charge in [0.2, 0.25) is 5.91 Å². The van der Waals surface area contributed by atoms with Gasteiger partial charge in [-0.25, -0.2) is 0 Å². The second-order valence-corrected chi connectivity index (χ2v) is 5.86. The maximum Gasteiger partial charge on any atom is 0.265 e. The first-order valence-electron chi connectivity index (χ1n) is 6.22. The van der Waals surface area contributed by atoms with E-state index in [1.807, 2.05) is 32.0 Å². The number of nitrogens with one attached hydrogen (secondary N) is 2. The first-order valence-corrected chi connectivity index (χ1v) is 7.03. The molecule has 0 saturated heterocycles. The number of hydrogen-bond donors (Lipinski definition) is 2. The molecule has 1 aromatic carbocycles. The number of anilines is 2. The molecule has 0 aliphatic rings. The third kappa shape index (κ3) is 3.45. The minimum atomic E-state index is -0.116. The molecule has 1 aromatic heterocycles. The first-order chi connectivity index (χ1) is 9.45. The van der Waals surface area contributed by atoms with Gasteiger partial charge in [-0.1, -0.05) is 0 Å². The van der Waals surface area contributed by atoms with Gasteiger partial charge in [-0.15, -0.1) is 11.3 Å². The Labute approximate surface area is 121 Å². The van der Waals surface area contributed by atoms with Crippen molar-refractivity contribution in [2.24, 2.45) is 0 Å². The van der Waals surface area contributed by atoms with Crippen LogP contribution in [0.1, 0.15) is 27.0 Å². The second-order valence-electron chi connectivity index (χ2n) is 4.58. The number of carbonyl (C=O) groups excluding carboxylic acids is 2. The Morgan fingerprint density at radius 2 is 1.80 bits per heavy atom. The van der Waals surface area contributed by atoms with Crippen molar-refractivity contribution in [3.05, 3.63) is 45.6 Å². The number of rotatable bonds is 3. The lowest BCUT2D eigenvalue weighted by atomic mass is 10.1. The maximum absolute atomic E-state index is 12.0. The third-order valence-corrected chi connectivity index (χ3v) is 3.76. The standard InChI is InChI=1S/C15H16N2O2S/c1-9-8-12(5-6-13(9)16-11(3)18)17-15(19)14-7-4-10(2)20-14/h4-8H,1-3H3,(H,16,18)(H,17,19). The van der Waals surface area contributed by atoms with E-state index in [0.29, 0.717) is 10.6 Å². The van der Waals surface area contributed by atoms with E-state index in [0.717, 1.165) is 16.1 Å². The van der Waals surface area contributed by atoms with E-state index in [9.17, 15) is 9.59 Å². The molecule has 0 bridgehead atoms. The molecule has 0 fully saturated rings. The SMILES string of the molecule is CC(=O)Nc1ccc(NC(=O)c2ccc(C)s2)cc1C. The molecule has 0 aliphatic heterocycles. The summed E-state index contributed by atoms with van der Waals surface area (Å²) in [6, 6.07) is 9.13. The molecule has 0 atom stereocenters. The molecule has 0 aliphatic carbocycles. The van der Waals surface area contributed by atoms with Crippen LogP contribution in [0.25, 0.3) is 0 Å². The van der Waals surface area contributed by atoms with Crippen molar-refractivity contribution in [2.75, 3.05) is 10.6 Å². The number of hydrogen-bond acceptors (Lipinski definition) is 3. The molecule has 104 valence electrons. The summed E-state index contributed by atoms with van der Waals surface area (Å²) in [5.41, 5.74) is 2.37. The lowest BCUT2D eigenvalue weighted by molar-refractivity contribution is -0.114. The Kier molecular flexibility index (Phi) is 4.20. The fourth-order valence-electron chi connectivity index (χ4n) is 1.82. The second kappa shape index (κ2) is 5.88. The molecule has 0 unspecified atom stereocenters. The number of amides is 2. The van der Waals surface area contributed by atoms with Gasteiger partial charge in [0.05, 0.1) is 4.88 Å². The van der Waals surface area contributed by atoms with Gasteiger partial charge in [0.25, 0.3) is 5.91 Å². The van der Waals surface area contributed by atoms with Crippen LogP contribution in [0.3, 0.4) is 0 Å². The summed E-state index contributed by atoms with van der Waals surface area (Å²) in [6.45, 7) is 5.32. The Morgan fingerprint density at radius 3 is 2.35 bits per heavy atom. The fourth-order valence-corrected chi connectivity index (χ4v) is 2.58. The van der Waals surface area contributed by atoms with E-state index >= 15 is 0 Å². The number of aryl methyl sites for hydroxylation is 2. The number of thiophene rings is 1. The highest BCUT2D eigenvalue weighted by Crippen LogP contribution is 2.21. The fraction of sp³-hybridized carbons (Fsp3) is 0.200. The normalized spacial score (nSPS) is 10.2. The van der Waals surface area contributed by atoms with E-state index in [-0.39, 0.29) is 11.8 Å². The van der Waals surface area contributed by atoms with Crippen molar-refractivity contribution >= 4 is 34.5 Å². The van der Waals surface area contributed by atoms with Crippen molar-refractivity contribution in [1.82, 2.24) is 0 Å². The lowest BCUT2D eigenvalue weighted by Gasteiger charge is -2.09.